The van der Waals surface area contributed by atoms with E-state index in [1.54, 1.807) is 7.11 Å². The lowest BCUT2D eigenvalue weighted by Gasteiger charge is -2.17. The maximum Gasteiger partial charge on any atom is 0.274 e. The normalized spacial score (nSPS) is 11.7. The smallest absolute Gasteiger partial charge is 0.274 e. The zero-order valence-corrected chi connectivity index (χ0v) is 11.3. The molecule has 6 nitrogen and oxygen atoms in total. The van der Waals surface area contributed by atoms with Crippen LogP contribution in [0.5, 0.6) is 5.75 Å². The summed E-state index contributed by atoms with van der Waals surface area (Å²) < 4.78 is 5.27. The molecular formula is C14H16N4O2. The van der Waals surface area contributed by atoms with E-state index in [1.807, 2.05) is 31.2 Å². The lowest BCUT2D eigenvalue weighted by molar-refractivity contribution is 0.0935. The van der Waals surface area contributed by atoms with Crippen LogP contribution in [0.25, 0.3) is 0 Å². The van der Waals surface area contributed by atoms with E-state index in [1.165, 1.54) is 12.4 Å². The minimum absolute atomic E-state index is 0.109. The number of nitrogen functional groups attached to an aromatic ring is 1. The fourth-order valence-corrected chi connectivity index (χ4v) is 1.89. The Morgan fingerprint density at radius 2 is 2.00 bits per heavy atom. The zero-order valence-electron chi connectivity index (χ0n) is 11.3. The Morgan fingerprint density at radius 1 is 1.30 bits per heavy atom. The lowest BCUT2D eigenvalue weighted by Crippen LogP contribution is -2.28. The largest absolute Gasteiger partial charge is 0.496 e. The van der Waals surface area contributed by atoms with Gasteiger partial charge in [0, 0.05) is 18.0 Å². The number of carbonyl (C=O) groups excluding carboxylic acids is 1. The number of benzene rings is 1. The summed E-state index contributed by atoms with van der Waals surface area (Å²) >= 11 is 0. The minimum Gasteiger partial charge on any atom is -0.496 e. The first-order chi connectivity index (χ1) is 9.63. The van der Waals surface area contributed by atoms with Crippen molar-refractivity contribution in [2.45, 2.75) is 13.0 Å². The number of hydrogen-bond acceptors (Lipinski definition) is 5. The van der Waals surface area contributed by atoms with Gasteiger partial charge in [-0.1, -0.05) is 18.2 Å². The maximum atomic E-state index is 12.1. The Morgan fingerprint density at radius 3 is 2.70 bits per heavy atom. The molecule has 0 aliphatic heterocycles. The molecule has 1 unspecified atom stereocenters. The Hall–Kier alpha value is -2.63. The third-order valence-electron chi connectivity index (χ3n) is 2.89. The van der Waals surface area contributed by atoms with Gasteiger partial charge in [-0.3, -0.25) is 4.79 Å². The maximum absolute atomic E-state index is 12.1. The van der Waals surface area contributed by atoms with Crippen LogP contribution < -0.4 is 15.8 Å². The van der Waals surface area contributed by atoms with Crippen LogP contribution in [0.1, 0.15) is 29.0 Å². The van der Waals surface area contributed by atoms with E-state index in [-0.39, 0.29) is 23.5 Å². The van der Waals surface area contributed by atoms with Gasteiger partial charge in [-0.25, -0.2) is 9.97 Å². The molecular weight excluding hydrogens is 256 g/mol. The summed E-state index contributed by atoms with van der Waals surface area (Å²) in [7, 11) is 1.59. The predicted octanol–water partition coefficient (Wildman–Crippen LogP) is 1.56. The van der Waals surface area contributed by atoms with Gasteiger partial charge in [0.25, 0.3) is 5.91 Å². The number of nitrogens with one attached hydrogen (secondary N) is 1. The molecule has 0 bridgehead atoms. The molecule has 0 spiro atoms. The standard InChI is InChI=1S/C14H16N4O2/c1-9(10-5-3-4-6-11(10)20-2)18-14(19)12-13(15)17-8-7-16-12/h3-9H,1-2H3,(H2,15,17)(H,18,19). The SMILES string of the molecule is COc1ccccc1C(C)NC(=O)c1nccnc1N. The minimum atomic E-state index is -0.367. The van der Waals surface area contributed by atoms with E-state index in [9.17, 15) is 4.79 Å². The molecule has 1 heterocycles. The van der Waals surface area contributed by atoms with Crippen molar-refractivity contribution in [2.75, 3.05) is 12.8 Å². The summed E-state index contributed by atoms with van der Waals surface area (Å²) in [5.41, 5.74) is 6.63. The number of anilines is 1. The molecule has 1 amide bonds. The average Bonchev–Trinajstić information content (AvgIpc) is 2.47. The van der Waals surface area contributed by atoms with Crippen molar-refractivity contribution in [3.05, 3.63) is 47.9 Å². The van der Waals surface area contributed by atoms with Crippen molar-refractivity contribution in [3.63, 3.8) is 0 Å². The second kappa shape index (κ2) is 6.01. The number of ether oxygens (including phenoxy) is 1. The van der Waals surface area contributed by atoms with Gasteiger partial charge >= 0.3 is 0 Å². The average molecular weight is 272 g/mol. The number of methoxy groups -OCH3 is 1. The second-order valence-corrected chi connectivity index (χ2v) is 4.23. The Bertz CT molecular complexity index is 616. The van der Waals surface area contributed by atoms with Crippen LogP contribution in [0, 0.1) is 0 Å². The molecule has 0 saturated carbocycles. The van der Waals surface area contributed by atoms with Crippen molar-refractivity contribution in [1.29, 1.82) is 0 Å². The van der Waals surface area contributed by atoms with E-state index < -0.39 is 0 Å². The number of rotatable bonds is 4. The first kappa shape index (κ1) is 13.8. The van der Waals surface area contributed by atoms with E-state index in [4.69, 9.17) is 10.5 Å². The molecule has 2 aromatic rings. The number of nitrogens with two attached hydrogens (primary N) is 1. The van der Waals surface area contributed by atoms with Gasteiger partial charge in [0.05, 0.1) is 13.2 Å². The molecule has 3 N–H and O–H groups in total. The highest BCUT2D eigenvalue weighted by atomic mass is 16.5. The van der Waals surface area contributed by atoms with E-state index >= 15 is 0 Å². The summed E-state index contributed by atoms with van der Waals surface area (Å²) in [5, 5.41) is 2.83. The highest BCUT2D eigenvalue weighted by molar-refractivity contribution is 5.96. The third kappa shape index (κ3) is 2.85. The van der Waals surface area contributed by atoms with E-state index in [2.05, 4.69) is 15.3 Å². The van der Waals surface area contributed by atoms with Crippen LogP contribution in [-0.2, 0) is 0 Å². The van der Waals surface area contributed by atoms with Crippen LogP contribution in [0.4, 0.5) is 5.82 Å². The Kier molecular flexibility index (Phi) is 4.14. The van der Waals surface area contributed by atoms with Crippen molar-refractivity contribution < 1.29 is 9.53 Å². The molecule has 0 saturated heterocycles. The van der Waals surface area contributed by atoms with Gasteiger partial charge in [0.15, 0.2) is 11.5 Å². The summed E-state index contributed by atoms with van der Waals surface area (Å²) in [6, 6.07) is 7.26. The van der Waals surface area contributed by atoms with Crippen molar-refractivity contribution in [1.82, 2.24) is 15.3 Å². The fourth-order valence-electron chi connectivity index (χ4n) is 1.89. The summed E-state index contributed by atoms with van der Waals surface area (Å²) in [6.07, 6.45) is 2.87. The number of nitrogens with zero attached hydrogens (tertiary/aromatic N) is 2. The Labute approximate surface area is 117 Å². The van der Waals surface area contributed by atoms with Crippen LogP contribution in [-0.4, -0.2) is 23.0 Å². The quantitative estimate of drug-likeness (QED) is 0.881. The van der Waals surface area contributed by atoms with E-state index in [0.29, 0.717) is 5.75 Å². The molecule has 1 aromatic heterocycles. The highest BCUT2D eigenvalue weighted by Gasteiger charge is 2.17. The number of para-hydroxylation sites is 1. The molecule has 6 heteroatoms. The molecule has 1 aromatic carbocycles. The molecule has 0 aliphatic carbocycles. The van der Waals surface area contributed by atoms with Gasteiger partial charge in [0.2, 0.25) is 0 Å². The van der Waals surface area contributed by atoms with Gasteiger partial charge in [-0.05, 0) is 13.0 Å². The van der Waals surface area contributed by atoms with Crippen molar-refractivity contribution in [3.8, 4) is 5.75 Å². The van der Waals surface area contributed by atoms with Gasteiger partial charge in [-0.2, -0.15) is 0 Å². The fraction of sp³-hybridized carbons (Fsp3) is 0.214. The van der Waals surface area contributed by atoms with Gasteiger partial charge in [-0.15, -0.1) is 0 Å². The van der Waals surface area contributed by atoms with Gasteiger partial charge in [0.1, 0.15) is 5.75 Å². The summed E-state index contributed by atoms with van der Waals surface area (Å²) in [6.45, 7) is 1.86. The van der Waals surface area contributed by atoms with Crippen molar-refractivity contribution >= 4 is 11.7 Å². The molecule has 0 radical (unpaired) electrons. The number of amides is 1. The lowest BCUT2D eigenvalue weighted by atomic mass is 10.1. The molecule has 0 fully saturated rings. The van der Waals surface area contributed by atoms with Crippen molar-refractivity contribution in [2.24, 2.45) is 0 Å². The molecule has 0 aliphatic rings. The topological polar surface area (TPSA) is 90.1 Å². The first-order valence-electron chi connectivity index (χ1n) is 6.13. The predicted molar refractivity (Wildman–Crippen MR) is 75.3 cm³/mol. The van der Waals surface area contributed by atoms with Crippen LogP contribution in [0.15, 0.2) is 36.7 Å². The summed E-state index contributed by atoms with van der Waals surface area (Å²) in [5.74, 6) is 0.457. The molecule has 1 atom stereocenters. The summed E-state index contributed by atoms with van der Waals surface area (Å²) in [4.78, 5) is 19.9. The van der Waals surface area contributed by atoms with E-state index in [0.717, 1.165) is 5.56 Å². The van der Waals surface area contributed by atoms with Crippen LogP contribution in [0.2, 0.25) is 0 Å². The highest BCUT2D eigenvalue weighted by Crippen LogP contribution is 2.24. The molecule has 20 heavy (non-hydrogen) atoms. The third-order valence-corrected chi connectivity index (χ3v) is 2.89. The number of carbonyl (C=O) groups is 1. The van der Waals surface area contributed by atoms with Gasteiger partial charge < -0.3 is 15.8 Å². The van der Waals surface area contributed by atoms with Crippen LogP contribution >= 0.6 is 0 Å². The molecule has 2 rings (SSSR count). The monoisotopic (exact) mass is 272 g/mol. The van der Waals surface area contributed by atoms with Crippen LogP contribution in [0.3, 0.4) is 0 Å². The zero-order chi connectivity index (χ0) is 14.5. The second-order valence-electron chi connectivity index (χ2n) is 4.23. The molecule has 104 valence electrons. The Balaban J connectivity index is 2.18. The number of hydrogen-bond donors (Lipinski definition) is 2. The number of aromatic nitrogens is 2. The first-order valence-corrected chi connectivity index (χ1v) is 6.13.